The lowest BCUT2D eigenvalue weighted by molar-refractivity contribution is 0.0688. The number of rotatable bonds is 4. The van der Waals surface area contributed by atoms with Gasteiger partial charge in [-0.3, -0.25) is 0 Å². The van der Waals surface area contributed by atoms with Crippen LogP contribution in [0.2, 0.25) is 0 Å². The molecule has 0 aliphatic carbocycles. The Kier molecular flexibility index (Phi) is 3.32. The minimum atomic E-state index is -1.07. The zero-order valence-corrected chi connectivity index (χ0v) is 11.3. The van der Waals surface area contributed by atoms with Crippen molar-refractivity contribution in [3.05, 3.63) is 23.0 Å². The molecule has 0 unspecified atom stereocenters. The molecule has 0 atom stereocenters. The van der Waals surface area contributed by atoms with E-state index in [0.717, 1.165) is 5.82 Å². The molecule has 8 heteroatoms. The lowest BCUT2D eigenvalue weighted by atomic mass is 10.1. The number of nitrogens with zero attached hydrogens (tertiary/aromatic N) is 6. The number of carboxylic acid groups (broad SMARTS) is 1. The fourth-order valence-corrected chi connectivity index (χ4v) is 1.88. The van der Waals surface area contributed by atoms with Crippen LogP contribution in [-0.4, -0.2) is 40.8 Å². The van der Waals surface area contributed by atoms with E-state index in [4.69, 9.17) is 5.11 Å². The summed E-state index contributed by atoms with van der Waals surface area (Å²) in [6.45, 7) is 6.02. The molecule has 0 fully saturated rings. The number of aryl methyl sites for hydroxylation is 1. The van der Waals surface area contributed by atoms with Crippen molar-refractivity contribution in [2.24, 2.45) is 7.05 Å². The maximum Gasteiger partial charge on any atom is 0.358 e. The maximum absolute atomic E-state index is 11.1. The summed E-state index contributed by atoms with van der Waals surface area (Å²) in [6, 6.07) is 0. The van der Waals surface area contributed by atoms with Gasteiger partial charge in [-0.2, -0.15) is 0 Å². The first-order valence-electron chi connectivity index (χ1n) is 5.93. The van der Waals surface area contributed by atoms with Crippen molar-refractivity contribution in [2.75, 3.05) is 0 Å². The van der Waals surface area contributed by atoms with E-state index in [1.54, 1.807) is 4.68 Å². The molecule has 2 aromatic rings. The maximum atomic E-state index is 11.1. The average molecular weight is 264 g/mol. The lowest BCUT2D eigenvalue weighted by Crippen LogP contribution is -2.13. The normalized spacial score (nSPS) is 11.2. The van der Waals surface area contributed by atoms with Crippen LogP contribution in [0, 0.1) is 6.92 Å². The molecule has 19 heavy (non-hydrogen) atoms. The topological polar surface area (TPSA) is 98.7 Å². The molecule has 2 aromatic heterocycles. The van der Waals surface area contributed by atoms with E-state index >= 15 is 0 Å². The summed E-state index contributed by atoms with van der Waals surface area (Å²) in [5.41, 5.74) is 0.585. The molecule has 2 rings (SSSR count). The van der Waals surface area contributed by atoms with Crippen molar-refractivity contribution in [3.63, 3.8) is 0 Å². The molecular formula is C11H16N6O2. The monoisotopic (exact) mass is 264 g/mol. The van der Waals surface area contributed by atoms with Crippen molar-refractivity contribution >= 4 is 5.97 Å². The van der Waals surface area contributed by atoms with Crippen LogP contribution in [-0.2, 0) is 13.6 Å². The van der Waals surface area contributed by atoms with Gasteiger partial charge in [-0.1, -0.05) is 19.1 Å². The Morgan fingerprint density at radius 3 is 2.47 bits per heavy atom. The van der Waals surface area contributed by atoms with Gasteiger partial charge in [-0.25, -0.2) is 9.48 Å². The van der Waals surface area contributed by atoms with Gasteiger partial charge in [0, 0.05) is 7.05 Å². The molecule has 1 N–H and O–H groups in total. The van der Waals surface area contributed by atoms with Crippen LogP contribution < -0.4 is 0 Å². The Morgan fingerprint density at radius 1 is 1.32 bits per heavy atom. The summed E-state index contributed by atoms with van der Waals surface area (Å²) in [7, 11) is 1.86. The largest absolute Gasteiger partial charge is 0.476 e. The Balaban J connectivity index is 2.41. The molecule has 0 spiro atoms. The highest BCUT2D eigenvalue weighted by Crippen LogP contribution is 2.18. The molecule has 0 saturated carbocycles. The van der Waals surface area contributed by atoms with Crippen molar-refractivity contribution in [1.82, 2.24) is 29.8 Å². The highest BCUT2D eigenvalue weighted by Gasteiger charge is 2.22. The van der Waals surface area contributed by atoms with Gasteiger partial charge in [0.1, 0.15) is 12.4 Å². The predicted octanol–water partition coefficient (Wildman–Crippen LogP) is 0.585. The number of aromatic nitrogens is 6. The predicted molar refractivity (Wildman–Crippen MR) is 65.9 cm³/mol. The second kappa shape index (κ2) is 4.79. The molecule has 0 aliphatic rings. The van der Waals surface area contributed by atoms with Crippen LogP contribution in [0.1, 0.15) is 47.6 Å². The van der Waals surface area contributed by atoms with Crippen molar-refractivity contribution < 1.29 is 9.90 Å². The van der Waals surface area contributed by atoms with Crippen LogP contribution in [0.4, 0.5) is 0 Å². The van der Waals surface area contributed by atoms with Crippen molar-refractivity contribution in [1.29, 1.82) is 0 Å². The van der Waals surface area contributed by atoms with E-state index in [-0.39, 0.29) is 11.6 Å². The minimum Gasteiger partial charge on any atom is -0.476 e. The van der Waals surface area contributed by atoms with Gasteiger partial charge >= 0.3 is 5.97 Å². The zero-order chi connectivity index (χ0) is 14.2. The summed E-state index contributed by atoms with van der Waals surface area (Å²) >= 11 is 0. The van der Waals surface area contributed by atoms with E-state index in [1.807, 2.05) is 32.4 Å². The first-order chi connectivity index (χ1) is 8.91. The molecule has 8 nitrogen and oxygen atoms in total. The first kappa shape index (κ1) is 13.2. The molecule has 0 radical (unpaired) electrons. The third kappa shape index (κ3) is 2.33. The second-order valence-corrected chi connectivity index (χ2v) is 4.66. The summed E-state index contributed by atoms with van der Waals surface area (Å²) in [4.78, 5) is 11.1. The fourth-order valence-electron chi connectivity index (χ4n) is 1.88. The molecule has 2 heterocycles. The van der Waals surface area contributed by atoms with Gasteiger partial charge < -0.3 is 9.67 Å². The molecular weight excluding hydrogens is 248 g/mol. The highest BCUT2D eigenvalue weighted by molar-refractivity contribution is 5.86. The molecule has 0 aromatic carbocycles. The van der Waals surface area contributed by atoms with Gasteiger partial charge in [0.15, 0.2) is 11.5 Å². The van der Waals surface area contributed by atoms with Crippen LogP contribution in [0.3, 0.4) is 0 Å². The van der Waals surface area contributed by atoms with Crippen molar-refractivity contribution in [2.45, 2.75) is 33.2 Å². The Labute approximate surface area is 110 Å². The zero-order valence-electron chi connectivity index (χ0n) is 11.3. The summed E-state index contributed by atoms with van der Waals surface area (Å²) in [5.74, 6) is 0.445. The van der Waals surface area contributed by atoms with Gasteiger partial charge in [0.2, 0.25) is 0 Å². The van der Waals surface area contributed by atoms with E-state index in [9.17, 15) is 4.79 Å². The fraction of sp³-hybridized carbons (Fsp3) is 0.545. The van der Waals surface area contributed by atoms with E-state index in [0.29, 0.717) is 18.1 Å². The average Bonchev–Trinajstić information content (AvgIpc) is 2.88. The SMILES string of the molecule is Cc1nnc(Cn2nnc(C(=O)O)c2C(C)C)n1C. The Hall–Kier alpha value is -2.25. The second-order valence-electron chi connectivity index (χ2n) is 4.66. The third-order valence-electron chi connectivity index (χ3n) is 3.00. The summed E-state index contributed by atoms with van der Waals surface area (Å²) in [5, 5.41) is 24.7. The van der Waals surface area contributed by atoms with Crippen molar-refractivity contribution in [3.8, 4) is 0 Å². The molecule has 0 saturated heterocycles. The number of carbonyl (C=O) groups is 1. The van der Waals surface area contributed by atoms with E-state index in [2.05, 4.69) is 20.5 Å². The van der Waals surface area contributed by atoms with E-state index in [1.165, 1.54) is 0 Å². The van der Waals surface area contributed by atoms with Gasteiger partial charge in [0.05, 0.1) is 5.69 Å². The Bertz CT molecular complexity index is 613. The molecule has 0 bridgehead atoms. The highest BCUT2D eigenvalue weighted by atomic mass is 16.4. The standard InChI is InChI=1S/C11H16N6O2/c1-6(2)10-9(11(18)19)14-15-17(10)5-8-13-12-7(3)16(8)4/h6H,5H2,1-4H3,(H,18,19). The number of hydrogen-bond donors (Lipinski definition) is 1. The van der Waals surface area contributed by atoms with Gasteiger partial charge in [-0.05, 0) is 12.8 Å². The first-order valence-corrected chi connectivity index (χ1v) is 5.93. The van der Waals surface area contributed by atoms with E-state index < -0.39 is 5.97 Å². The summed E-state index contributed by atoms with van der Waals surface area (Å²) in [6.07, 6.45) is 0. The van der Waals surface area contributed by atoms with Gasteiger partial charge in [-0.15, -0.1) is 15.3 Å². The van der Waals surface area contributed by atoms with Crippen LogP contribution in [0.5, 0.6) is 0 Å². The quantitative estimate of drug-likeness (QED) is 0.867. The minimum absolute atomic E-state index is 0.00566. The van der Waals surface area contributed by atoms with Crippen LogP contribution in [0.15, 0.2) is 0 Å². The van der Waals surface area contributed by atoms with Gasteiger partial charge in [0.25, 0.3) is 0 Å². The van der Waals surface area contributed by atoms with Crippen LogP contribution in [0.25, 0.3) is 0 Å². The molecule has 0 amide bonds. The van der Waals surface area contributed by atoms with Crippen LogP contribution >= 0.6 is 0 Å². The third-order valence-corrected chi connectivity index (χ3v) is 3.00. The number of aromatic carboxylic acids is 1. The lowest BCUT2D eigenvalue weighted by Gasteiger charge is -2.09. The molecule has 102 valence electrons. The number of carboxylic acids is 1. The Morgan fingerprint density at radius 2 is 2.00 bits per heavy atom. The number of hydrogen-bond acceptors (Lipinski definition) is 5. The smallest absolute Gasteiger partial charge is 0.358 e. The molecule has 0 aliphatic heterocycles. The summed E-state index contributed by atoms with van der Waals surface area (Å²) < 4.78 is 3.41.